The highest BCUT2D eigenvalue weighted by Crippen LogP contribution is 2.39. The lowest BCUT2D eigenvalue weighted by Crippen LogP contribution is -2.14. The van der Waals surface area contributed by atoms with Gasteiger partial charge in [-0.1, -0.05) is 32.6 Å². The molecule has 0 atom stereocenters. The number of Topliss-reactive ketones (excluding diaryl/α,β-unsaturated/α-hetero) is 1. The van der Waals surface area contributed by atoms with Gasteiger partial charge in [0.25, 0.3) is 0 Å². The topological polar surface area (TPSA) is 60.2 Å². The molecule has 0 heterocycles. The molecule has 1 aliphatic rings. The molecule has 3 heteroatoms. The van der Waals surface area contributed by atoms with Crippen LogP contribution in [0.5, 0.6) is 0 Å². The van der Waals surface area contributed by atoms with Crippen LogP contribution in [0.2, 0.25) is 0 Å². The molecular formula is C14H15NO2. The van der Waals surface area contributed by atoms with Crippen LogP contribution in [-0.2, 0) is 10.2 Å². The van der Waals surface area contributed by atoms with Gasteiger partial charge in [0, 0.05) is 17.6 Å². The van der Waals surface area contributed by atoms with Crippen LogP contribution in [0, 0.1) is 0 Å². The Labute approximate surface area is 100 Å². The van der Waals surface area contributed by atoms with Gasteiger partial charge in [0.2, 0.25) is 5.91 Å². The van der Waals surface area contributed by atoms with Crippen molar-refractivity contribution >= 4 is 17.3 Å². The van der Waals surface area contributed by atoms with Crippen LogP contribution >= 0.6 is 0 Å². The molecule has 0 bridgehead atoms. The monoisotopic (exact) mass is 229 g/mol. The van der Waals surface area contributed by atoms with E-state index in [4.69, 9.17) is 5.73 Å². The summed E-state index contributed by atoms with van der Waals surface area (Å²) < 4.78 is 0. The molecule has 1 aromatic rings. The fourth-order valence-electron chi connectivity index (χ4n) is 2.27. The number of hydrogen-bond donors (Lipinski definition) is 1. The lowest BCUT2D eigenvalue weighted by molar-refractivity contribution is -0.112. The van der Waals surface area contributed by atoms with Gasteiger partial charge < -0.3 is 5.73 Å². The molecule has 17 heavy (non-hydrogen) atoms. The number of fused-ring (bicyclic) bond motifs is 1. The summed E-state index contributed by atoms with van der Waals surface area (Å²) in [5, 5.41) is 0. The summed E-state index contributed by atoms with van der Waals surface area (Å²) in [7, 11) is 0. The normalized spacial score (nSPS) is 16.7. The molecule has 1 aliphatic carbocycles. The molecule has 0 saturated heterocycles. The number of ketones is 1. The number of primary amides is 1. The fourth-order valence-corrected chi connectivity index (χ4v) is 2.27. The molecule has 88 valence electrons. The minimum atomic E-state index is -0.535. The van der Waals surface area contributed by atoms with Crippen molar-refractivity contribution in [1.29, 1.82) is 0 Å². The molecule has 1 amide bonds. The van der Waals surface area contributed by atoms with Crippen LogP contribution in [-0.4, -0.2) is 11.7 Å². The molecule has 0 fully saturated rings. The Bertz CT molecular complexity index is 541. The first-order valence-corrected chi connectivity index (χ1v) is 5.50. The summed E-state index contributed by atoms with van der Waals surface area (Å²) >= 11 is 0. The third-order valence-electron chi connectivity index (χ3n) is 3.30. The second-order valence-corrected chi connectivity index (χ2v) is 5.09. The van der Waals surface area contributed by atoms with Crippen LogP contribution in [0.25, 0.3) is 5.57 Å². The third kappa shape index (κ3) is 1.78. The van der Waals surface area contributed by atoms with Gasteiger partial charge in [-0.3, -0.25) is 9.59 Å². The highest BCUT2D eigenvalue weighted by atomic mass is 16.1. The zero-order chi connectivity index (χ0) is 12.8. The molecule has 0 unspecified atom stereocenters. The Hall–Kier alpha value is -1.90. The van der Waals surface area contributed by atoms with Gasteiger partial charge in [0.1, 0.15) is 0 Å². The zero-order valence-electron chi connectivity index (χ0n) is 10.0. The Morgan fingerprint density at radius 3 is 2.65 bits per heavy atom. The average molecular weight is 229 g/mol. The standard InChI is InChI=1S/C14H15NO2/c1-8(13(15)17)9-4-5-10-11(6-9)14(2,3)7-12(10)16/h4-6H,1,7H2,2-3H3,(H2,15,17). The van der Waals surface area contributed by atoms with Gasteiger partial charge in [-0.2, -0.15) is 0 Å². The van der Waals surface area contributed by atoms with Gasteiger partial charge in [-0.15, -0.1) is 0 Å². The predicted octanol–water partition coefficient (Wildman–Crippen LogP) is 2.05. The molecule has 3 nitrogen and oxygen atoms in total. The Morgan fingerprint density at radius 1 is 1.41 bits per heavy atom. The van der Waals surface area contributed by atoms with Crippen molar-refractivity contribution in [3.8, 4) is 0 Å². The summed E-state index contributed by atoms with van der Waals surface area (Å²) in [6.45, 7) is 7.70. The Morgan fingerprint density at radius 2 is 2.06 bits per heavy atom. The van der Waals surface area contributed by atoms with Crippen molar-refractivity contribution in [3.05, 3.63) is 41.5 Å². The molecule has 2 N–H and O–H groups in total. The van der Waals surface area contributed by atoms with Crippen molar-refractivity contribution in [2.75, 3.05) is 0 Å². The van der Waals surface area contributed by atoms with Gasteiger partial charge >= 0.3 is 0 Å². The van der Waals surface area contributed by atoms with E-state index >= 15 is 0 Å². The van der Waals surface area contributed by atoms with Gasteiger partial charge in [0.05, 0.1) is 0 Å². The fraction of sp³-hybridized carbons (Fsp3) is 0.286. The van der Waals surface area contributed by atoms with Gasteiger partial charge in [0.15, 0.2) is 5.78 Å². The zero-order valence-corrected chi connectivity index (χ0v) is 10.0. The van der Waals surface area contributed by atoms with E-state index in [1.54, 1.807) is 12.1 Å². The molecule has 0 aliphatic heterocycles. The maximum absolute atomic E-state index is 11.8. The van der Waals surface area contributed by atoms with Crippen LogP contribution in [0.1, 0.15) is 41.8 Å². The smallest absolute Gasteiger partial charge is 0.248 e. The van der Waals surface area contributed by atoms with Crippen molar-refractivity contribution in [3.63, 3.8) is 0 Å². The molecular weight excluding hydrogens is 214 g/mol. The van der Waals surface area contributed by atoms with Crippen LogP contribution in [0.15, 0.2) is 24.8 Å². The molecule has 2 rings (SSSR count). The largest absolute Gasteiger partial charge is 0.366 e. The minimum Gasteiger partial charge on any atom is -0.366 e. The van der Waals surface area contributed by atoms with Crippen LogP contribution in [0.4, 0.5) is 0 Å². The van der Waals surface area contributed by atoms with Crippen molar-refractivity contribution in [2.24, 2.45) is 5.73 Å². The van der Waals surface area contributed by atoms with Crippen molar-refractivity contribution in [2.45, 2.75) is 25.7 Å². The van der Waals surface area contributed by atoms with E-state index in [0.29, 0.717) is 12.0 Å². The second kappa shape index (κ2) is 3.55. The first-order chi connectivity index (χ1) is 7.83. The summed E-state index contributed by atoms with van der Waals surface area (Å²) in [5.74, 6) is -0.381. The van der Waals surface area contributed by atoms with E-state index in [2.05, 4.69) is 6.58 Å². The highest BCUT2D eigenvalue weighted by molar-refractivity contribution is 6.18. The lowest BCUT2D eigenvalue weighted by atomic mass is 9.85. The first kappa shape index (κ1) is 11.6. The summed E-state index contributed by atoms with van der Waals surface area (Å²) in [6.07, 6.45) is 0.509. The quantitative estimate of drug-likeness (QED) is 0.789. The van der Waals surface area contributed by atoms with E-state index in [-0.39, 0.29) is 16.8 Å². The third-order valence-corrected chi connectivity index (χ3v) is 3.30. The van der Waals surface area contributed by atoms with E-state index in [1.807, 2.05) is 19.9 Å². The Balaban J connectivity index is 2.55. The lowest BCUT2D eigenvalue weighted by Gasteiger charge is -2.18. The summed E-state index contributed by atoms with van der Waals surface area (Å²) in [4.78, 5) is 22.9. The molecule has 1 aromatic carbocycles. The average Bonchev–Trinajstić information content (AvgIpc) is 2.48. The number of rotatable bonds is 2. The predicted molar refractivity (Wildman–Crippen MR) is 66.6 cm³/mol. The number of hydrogen-bond acceptors (Lipinski definition) is 2. The first-order valence-electron chi connectivity index (χ1n) is 5.50. The number of carbonyl (C=O) groups is 2. The molecule has 0 aromatic heterocycles. The number of carbonyl (C=O) groups excluding carboxylic acids is 2. The van der Waals surface area contributed by atoms with Crippen LogP contribution in [0.3, 0.4) is 0 Å². The van der Waals surface area contributed by atoms with E-state index in [0.717, 1.165) is 11.1 Å². The number of benzene rings is 1. The molecule has 0 saturated carbocycles. The highest BCUT2D eigenvalue weighted by Gasteiger charge is 2.35. The van der Waals surface area contributed by atoms with Crippen molar-refractivity contribution in [1.82, 2.24) is 0 Å². The maximum atomic E-state index is 11.8. The van der Waals surface area contributed by atoms with Crippen molar-refractivity contribution < 1.29 is 9.59 Å². The SMILES string of the molecule is C=C(C(N)=O)c1ccc2c(c1)C(C)(C)CC2=O. The summed E-state index contributed by atoms with van der Waals surface area (Å²) in [6, 6.07) is 5.34. The minimum absolute atomic E-state index is 0.154. The second-order valence-electron chi connectivity index (χ2n) is 5.09. The molecule has 0 spiro atoms. The van der Waals surface area contributed by atoms with E-state index in [9.17, 15) is 9.59 Å². The van der Waals surface area contributed by atoms with Gasteiger partial charge in [-0.25, -0.2) is 0 Å². The maximum Gasteiger partial charge on any atom is 0.248 e. The number of nitrogens with two attached hydrogens (primary N) is 1. The van der Waals surface area contributed by atoms with Crippen LogP contribution < -0.4 is 5.73 Å². The molecule has 0 radical (unpaired) electrons. The summed E-state index contributed by atoms with van der Waals surface area (Å²) in [5.41, 5.74) is 7.72. The van der Waals surface area contributed by atoms with Gasteiger partial charge in [-0.05, 0) is 22.6 Å². The van der Waals surface area contributed by atoms with E-state index < -0.39 is 5.91 Å². The van der Waals surface area contributed by atoms with E-state index in [1.165, 1.54) is 0 Å². The Kier molecular flexibility index (Phi) is 2.42. The number of amides is 1.